The van der Waals surface area contributed by atoms with Crippen molar-refractivity contribution in [1.29, 1.82) is 0 Å². The molecule has 2 aromatic heterocycles. The van der Waals surface area contributed by atoms with Crippen LogP contribution in [0.25, 0.3) is 0 Å². The summed E-state index contributed by atoms with van der Waals surface area (Å²) in [5.41, 5.74) is 1.51. The van der Waals surface area contributed by atoms with Gasteiger partial charge in [-0.3, -0.25) is 4.79 Å². The maximum absolute atomic E-state index is 12.5. The molecule has 142 valence electrons. The van der Waals surface area contributed by atoms with Gasteiger partial charge >= 0.3 is 0 Å². The zero-order valence-electron chi connectivity index (χ0n) is 15.0. The molecule has 0 bridgehead atoms. The van der Waals surface area contributed by atoms with Gasteiger partial charge in [-0.25, -0.2) is 13.1 Å². The van der Waals surface area contributed by atoms with E-state index in [1.807, 2.05) is 19.9 Å². The Morgan fingerprint density at radius 2 is 2.00 bits per heavy atom. The molecule has 0 radical (unpaired) electrons. The highest BCUT2D eigenvalue weighted by Crippen LogP contribution is 2.24. The van der Waals surface area contributed by atoms with Crippen molar-refractivity contribution < 1.29 is 17.6 Å². The van der Waals surface area contributed by atoms with Crippen LogP contribution in [0.4, 0.5) is 5.69 Å². The van der Waals surface area contributed by atoms with Gasteiger partial charge in [0.2, 0.25) is 10.0 Å². The maximum Gasteiger partial charge on any atom is 0.265 e. The summed E-state index contributed by atoms with van der Waals surface area (Å²) in [6.07, 6.45) is 2.36. The largest absolute Gasteiger partial charge is 0.468 e. The van der Waals surface area contributed by atoms with Crippen LogP contribution in [0.3, 0.4) is 0 Å². The Morgan fingerprint density at radius 3 is 2.67 bits per heavy atom. The third kappa shape index (κ3) is 4.65. The highest BCUT2D eigenvalue weighted by atomic mass is 32.2. The molecule has 27 heavy (non-hydrogen) atoms. The van der Waals surface area contributed by atoms with E-state index in [0.29, 0.717) is 16.3 Å². The minimum atomic E-state index is -3.72. The summed E-state index contributed by atoms with van der Waals surface area (Å²) in [6, 6.07) is 11.4. The highest BCUT2D eigenvalue weighted by Gasteiger charge is 2.16. The van der Waals surface area contributed by atoms with Gasteiger partial charge in [0, 0.05) is 10.6 Å². The fraction of sp³-hybridized carbons (Fsp3) is 0.211. The molecule has 1 aromatic carbocycles. The van der Waals surface area contributed by atoms with Crippen LogP contribution in [0, 0.1) is 6.92 Å². The fourth-order valence-corrected chi connectivity index (χ4v) is 4.63. The molecule has 2 N–H and O–H groups in total. The smallest absolute Gasteiger partial charge is 0.265 e. The number of benzene rings is 1. The van der Waals surface area contributed by atoms with Crippen molar-refractivity contribution in [1.82, 2.24) is 4.72 Å². The molecule has 0 aliphatic rings. The van der Waals surface area contributed by atoms with Crippen LogP contribution in [0.2, 0.25) is 0 Å². The van der Waals surface area contributed by atoms with Crippen molar-refractivity contribution in [2.24, 2.45) is 0 Å². The van der Waals surface area contributed by atoms with Gasteiger partial charge in [-0.05, 0) is 55.3 Å². The normalized spacial score (nSPS) is 11.5. The van der Waals surface area contributed by atoms with E-state index in [9.17, 15) is 13.2 Å². The summed E-state index contributed by atoms with van der Waals surface area (Å²) in [6.45, 7) is 4.08. The van der Waals surface area contributed by atoms with Gasteiger partial charge in [0.25, 0.3) is 5.91 Å². The topological polar surface area (TPSA) is 88.4 Å². The number of aryl methyl sites for hydroxylation is 2. The molecule has 0 atom stereocenters. The molecular weight excluding hydrogens is 384 g/mol. The molecule has 0 aliphatic carbocycles. The van der Waals surface area contributed by atoms with Crippen LogP contribution in [0.1, 0.15) is 32.8 Å². The first-order valence-corrected chi connectivity index (χ1v) is 10.7. The third-order valence-electron chi connectivity index (χ3n) is 3.98. The second-order valence-electron chi connectivity index (χ2n) is 5.96. The number of thiophene rings is 1. The zero-order chi connectivity index (χ0) is 19.4. The Bertz CT molecular complexity index is 1040. The minimum Gasteiger partial charge on any atom is -0.468 e. The molecular formula is C19H20N2O4S2. The lowest BCUT2D eigenvalue weighted by molar-refractivity contribution is 0.103. The molecule has 0 fully saturated rings. The first-order valence-electron chi connectivity index (χ1n) is 8.42. The first kappa shape index (κ1) is 19.3. The van der Waals surface area contributed by atoms with Gasteiger partial charge in [-0.15, -0.1) is 11.3 Å². The molecule has 8 heteroatoms. The lowest BCUT2D eigenvalue weighted by Crippen LogP contribution is -2.23. The molecule has 3 aromatic rings. The summed E-state index contributed by atoms with van der Waals surface area (Å²) < 4.78 is 32.5. The van der Waals surface area contributed by atoms with E-state index in [1.54, 1.807) is 24.3 Å². The zero-order valence-corrected chi connectivity index (χ0v) is 16.6. The summed E-state index contributed by atoms with van der Waals surface area (Å²) in [5, 5.41) is 2.77. The Hall–Kier alpha value is -2.42. The third-order valence-corrected chi connectivity index (χ3v) is 6.76. The van der Waals surface area contributed by atoms with Gasteiger partial charge in [0.15, 0.2) is 0 Å². The van der Waals surface area contributed by atoms with Gasteiger partial charge in [-0.2, -0.15) is 0 Å². The summed E-state index contributed by atoms with van der Waals surface area (Å²) in [4.78, 5) is 14.3. The van der Waals surface area contributed by atoms with Gasteiger partial charge in [0.05, 0.1) is 22.6 Å². The van der Waals surface area contributed by atoms with Gasteiger partial charge < -0.3 is 9.73 Å². The fourth-order valence-electron chi connectivity index (χ4n) is 2.58. The SMILES string of the molecule is CCc1sc(C(=O)Nc2cccc(S(=O)(=O)NCc3ccco3)c2)cc1C. The molecule has 1 amide bonds. The molecule has 0 spiro atoms. The van der Waals surface area contributed by atoms with Crippen molar-refractivity contribution in [2.45, 2.75) is 31.7 Å². The molecule has 0 saturated heterocycles. The number of carbonyl (C=O) groups is 1. The van der Waals surface area contributed by atoms with E-state index in [0.717, 1.165) is 12.0 Å². The molecule has 2 heterocycles. The van der Waals surface area contributed by atoms with E-state index in [4.69, 9.17) is 4.42 Å². The predicted molar refractivity (Wildman–Crippen MR) is 106 cm³/mol. The van der Waals surface area contributed by atoms with Crippen LogP contribution < -0.4 is 10.0 Å². The van der Waals surface area contributed by atoms with E-state index < -0.39 is 10.0 Å². The Labute approximate surface area is 162 Å². The number of hydrogen-bond acceptors (Lipinski definition) is 5. The van der Waals surface area contributed by atoms with Gasteiger partial charge in [0.1, 0.15) is 5.76 Å². The Morgan fingerprint density at radius 1 is 1.19 bits per heavy atom. The van der Waals surface area contributed by atoms with E-state index >= 15 is 0 Å². The number of rotatable bonds is 7. The maximum atomic E-state index is 12.5. The second-order valence-corrected chi connectivity index (χ2v) is 8.86. The second kappa shape index (κ2) is 8.08. The molecule has 0 aliphatic heterocycles. The average Bonchev–Trinajstić information content (AvgIpc) is 3.29. The number of carbonyl (C=O) groups excluding carboxylic acids is 1. The number of anilines is 1. The predicted octanol–water partition coefficient (Wildman–Crippen LogP) is 3.94. The highest BCUT2D eigenvalue weighted by molar-refractivity contribution is 7.89. The number of hydrogen-bond donors (Lipinski definition) is 2. The molecule has 6 nitrogen and oxygen atoms in total. The molecule has 3 rings (SSSR count). The minimum absolute atomic E-state index is 0.0557. The Balaban J connectivity index is 1.73. The number of nitrogens with one attached hydrogen (secondary N) is 2. The monoisotopic (exact) mass is 404 g/mol. The molecule has 0 saturated carbocycles. The van der Waals surface area contributed by atoms with Crippen LogP contribution in [0.15, 0.2) is 58.0 Å². The first-order chi connectivity index (χ1) is 12.9. The molecule has 0 unspecified atom stereocenters. The number of sulfonamides is 1. The number of amides is 1. The van der Waals surface area contributed by atoms with Crippen LogP contribution >= 0.6 is 11.3 Å². The standard InChI is InChI=1S/C19H20N2O4S2/c1-3-17-13(2)10-18(26-17)19(22)21-14-6-4-8-16(11-14)27(23,24)20-12-15-7-5-9-25-15/h4-11,20H,3,12H2,1-2H3,(H,21,22). The summed E-state index contributed by atoms with van der Waals surface area (Å²) in [7, 11) is -3.72. The number of furan rings is 1. The van der Waals surface area contributed by atoms with E-state index in [1.165, 1.54) is 34.6 Å². The van der Waals surface area contributed by atoms with Crippen molar-refractivity contribution in [2.75, 3.05) is 5.32 Å². The lowest BCUT2D eigenvalue weighted by Gasteiger charge is -2.08. The van der Waals surface area contributed by atoms with Crippen molar-refractivity contribution in [3.8, 4) is 0 Å². The summed E-state index contributed by atoms with van der Waals surface area (Å²) >= 11 is 1.45. The summed E-state index contributed by atoms with van der Waals surface area (Å²) in [5.74, 6) is 0.267. The Kier molecular flexibility index (Phi) is 5.79. The van der Waals surface area contributed by atoms with Gasteiger partial charge in [-0.1, -0.05) is 13.0 Å². The van der Waals surface area contributed by atoms with Crippen LogP contribution in [-0.2, 0) is 23.0 Å². The van der Waals surface area contributed by atoms with E-state index in [-0.39, 0.29) is 17.3 Å². The van der Waals surface area contributed by atoms with Crippen molar-refractivity contribution in [3.63, 3.8) is 0 Å². The van der Waals surface area contributed by atoms with Crippen LogP contribution in [-0.4, -0.2) is 14.3 Å². The van der Waals surface area contributed by atoms with Crippen LogP contribution in [0.5, 0.6) is 0 Å². The average molecular weight is 405 g/mol. The van der Waals surface area contributed by atoms with Crippen molar-refractivity contribution >= 4 is 33.0 Å². The quantitative estimate of drug-likeness (QED) is 0.624. The van der Waals surface area contributed by atoms with E-state index in [2.05, 4.69) is 10.0 Å². The van der Waals surface area contributed by atoms with Crippen molar-refractivity contribution in [3.05, 3.63) is 69.8 Å². The lowest BCUT2D eigenvalue weighted by atomic mass is 10.2.